The Kier molecular flexibility index (Phi) is 7.43. The Morgan fingerprint density at radius 3 is 2.19 bits per heavy atom. The van der Waals surface area contributed by atoms with E-state index in [2.05, 4.69) is 25.6 Å². The van der Waals surface area contributed by atoms with Crippen LogP contribution < -0.4 is 24.8 Å². The fourth-order valence-electron chi connectivity index (χ4n) is 3.46. The molecule has 0 saturated carbocycles. The molecule has 0 bridgehead atoms. The van der Waals surface area contributed by atoms with Crippen molar-refractivity contribution in [1.82, 2.24) is 19.5 Å². The van der Waals surface area contributed by atoms with E-state index in [1.54, 1.807) is 48.0 Å². The SMILES string of the molecule is COc1cc(Nc2ncc(F)c(Nc3ccc(CS(=O)(=O)c4cn(C)cn4)cc3)n2)cc(OC)c1OC. The summed E-state index contributed by atoms with van der Waals surface area (Å²) in [6.45, 7) is 0. The first kappa shape index (κ1) is 25.7. The molecule has 0 radical (unpaired) electrons. The second-order valence-electron chi connectivity index (χ2n) is 7.89. The number of nitrogens with zero attached hydrogens (tertiary/aromatic N) is 4. The predicted octanol–water partition coefficient (Wildman–Crippen LogP) is 3.84. The maximum Gasteiger partial charge on any atom is 0.229 e. The van der Waals surface area contributed by atoms with Crippen LogP contribution in [0.2, 0.25) is 0 Å². The molecule has 0 aliphatic rings. The van der Waals surface area contributed by atoms with E-state index in [1.165, 1.54) is 33.9 Å². The highest BCUT2D eigenvalue weighted by Gasteiger charge is 2.18. The Bertz CT molecular complexity index is 1480. The van der Waals surface area contributed by atoms with Crippen molar-refractivity contribution in [2.45, 2.75) is 10.8 Å². The molecule has 0 unspecified atom stereocenters. The molecule has 2 heterocycles. The number of methoxy groups -OCH3 is 3. The number of nitrogens with one attached hydrogen (secondary N) is 2. The van der Waals surface area contributed by atoms with Gasteiger partial charge < -0.3 is 29.4 Å². The van der Waals surface area contributed by atoms with Crippen LogP contribution in [-0.4, -0.2) is 49.3 Å². The maximum absolute atomic E-state index is 14.5. The van der Waals surface area contributed by atoms with E-state index in [-0.39, 0.29) is 22.5 Å². The van der Waals surface area contributed by atoms with Crippen molar-refractivity contribution in [3.63, 3.8) is 0 Å². The van der Waals surface area contributed by atoms with Crippen LogP contribution in [0.1, 0.15) is 5.56 Å². The standard InChI is InChI=1S/C24H25FN6O5S/c1-31-12-21(27-14-31)37(32,33)13-15-5-7-16(8-6-15)28-23-18(25)11-26-24(30-23)29-17-9-19(34-2)22(36-4)20(10-17)35-3/h5-12,14H,13H2,1-4H3,(H2,26,28,29,30). The van der Waals surface area contributed by atoms with E-state index in [0.29, 0.717) is 34.2 Å². The summed E-state index contributed by atoms with van der Waals surface area (Å²) in [5.41, 5.74) is 1.60. The summed E-state index contributed by atoms with van der Waals surface area (Å²) in [5.74, 6) is 0.445. The fourth-order valence-corrected chi connectivity index (χ4v) is 4.77. The Labute approximate surface area is 213 Å². The van der Waals surface area contributed by atoms with Gasteiger partial charge in [0.1, 0.15) is 0 Å². The molecule has 11 nitrogen and oxygen atoms in total. The van der Waals surface area contributed by atoms with Gasteiger partial charge in [-0.2, -0.15) is 4.98 Å². The molecule has 4 aromatic rings. The summed E-state index contributed by atoms with van der Waals surface area (Å²) in [4.78, 5) is 12.1. The molecule has 37 heavy (non-hydrogen) atoms. The van der Waals surface area contributed by atoms with Crippen LogP contribution in [0, 0.1) is 5.82 Å². The zero-order valence-corrected chi connectivity index (χ0v) is 21.3. The third-order valence-electron chi connectivity index (χ3n) is 5.24. The van der Waals surface area contributed by atoms with Gasteiger partial charge in [-0.05, 0) is 17.7 Å². The number of aryl methyl sites for hydroxylation is 1. The largest absolute Gasteiger partial charge is 0.493 e. The Morgan fingerprint density at radius 1 is 0.946 bits per heavy atom. The molecular weight excluding hydrogens is 503 g/mol. The van der Waals surface area contributed by atoms with Crippen molar-refractivity contribution in [3.8, 4) is 17.2 Å². The van der Waals surface area contributed by atoms with Crippen LogP contribution in [0.3, 0.4) is 0 Å². The van der Waals surface area contributed by atoms with Gasteiger partial charge in [-0.3, -0.25) is 0 Å². The third-order valence-corrected chi connectivity index (χ3v) is 6.80. The molecular formula is C24H25FN6O5S. The first-order valence-electron chi connectivity index (χ1n) is 10.9. The quantitative estimate of drug-likeness (QED) is 0.313. The molecule has 2 N–H and O–H groups in total. The molecule has 0 saturated heterocycles. The van der Waals surface area contributed by atoms with E-state index < -0.39 is 15.7 Å². The lowest BCUT2D eigenvalue weighted by Crippen LogP contribution is -2.06. The number of halogens is 1. The lowest BCUT2D eigenvalue weighted by Gasteiger charge is -2.15. The number of aromatic nitrogens is 4. The topological polar surface area (TPSA) is 129 Å². The number of rotatable bonds is 10. The number of anilines is 4. The summed E-state index contributed by atoms with van der Waals surface area (Å²) in [6, 6.07) is 9.88. The molecule has 0 aliphatic heterocycles. The number of benzene rings is 2. The van der Waals surface area contributed by atoms with Crippen molar-refractivity contribution in [1.29, 1.82) is 0 Å². The van der Waals surface area contributed by atoms with E-state index >= 15 is 0 Å². The minimum Gasteiger partial charge on any atom is -0.493 e. The van der Waals surface area contributed by atoms with Crippen LogP contribution in [0.4, 0.5) is 27.5 Å². The highest BCUT2D eigenvalue weighted by molar-refractivity contribution is 7.90. The van der Waals surface area contributed by atoms with E-state index in [1.807, 2.05) is 0 Å². The Hall–Kier alpha value is -4.39. The van der Waals surface area contributed by atoms with Gasteiger partial charge in [0.05, 0.1) is 39.6 Å². The molecule has 0 amide bonds. The smallest absolute Gasteiger partial charge is 0.229 e. The normalized spacial score (nSPS) is 11.2. The van der Waals surface area contributed by atoms with Gasteiger partial charge >= 0.3 is 0 Å². The van der Waals surface area contributed by atoms with Crippen LogP contribution in [0.15, 0.2) is 60.1 Å². The van der Waals surface area contributed by atoms with Gasteiger partial charge in [0.25, 0.3) is 0 Å². The lowest BCUT2D eigenvalue weighted by molar-refractivity contribution is 0.324. The van der Waals surface area contributed by atoms with Crippen molar-refractivity contribution < 1.29 is 27.0 Å². The second-order valence-corrected chi connectivity index (χ2v) is 9.82. The van der Waals surface area contributed by atoms with Crippen molar-refractivity contribution in [3.05, 3.63) is 66.5 Å². The summed E-state index contributed by atoms with van der Waals surface area (Å²) in [7, 11) is 2.60. The summed E-state index contributed by atoms with van der Waals surface area (Å²) in [5, 5.41) is 5.88. The number of ether oxygens (including phenoxy) is 3. The highest BCUT2D eigenvalue weighted by atomic mass is 32.2. The van der Waals surface area contributed by atoms with Crippen LogP contribution >= 0.6 is 0 Å². The summed E-state index contributed by atoms with van der Waals surface area (Å²) >= 11 is 0. The van der Waals surface area contributed by atoms with E-state index in [0.717, 1.165) is 6.20 Å². The van der Waals surface area contributed by atoms with Gasteiger partial charge in [0.15, 0.2) is 28.2 Å². The lowest BCUT2D eigenvalue weighted by atomic mass is 10.2. The zero-order chi connectivity index (χ0) is 26.6. The van der Waals surface area contributed by atoms with Crippen molar-refractivity contribution in [2.75, 3.05) is 32.0 Å². The molecule has 194 valence electrons. The maximum atomic E-state index is 14.5. The van der Waals surface area contributed by atoms with Crippen molar-refractivity contribution >= 4 is 33.0 Å². The number of hydrogen-bond donors (Lipinski definition) is 2. The fraction of sp³-hybridized carbons (Fsp3) is 0.208. The molecule has 0 aliphatic carbocycles. The van der Waals surface area contributed by atoms with Gasteiger partial charge in [-0.1, -0.05) is 12.1 Å². The number of imidazole rings is 1. The Morgan fingerprint density at radius 2 is 1.62 bits per heavy atom. The predicted molar refractivity (Wildman–Crippen MR) is 135 cm³/mol. The van der Waals surface area contributed by atoms with Gasteiger partial charge in [0, 0.05) is 36.8 Å². The number of hydrogen-bond acceptors (Lipinski definition) is 10. The molecule has 0 spiro atoms. The molecule has 2 aromatic carbocycles. The van der Waals surface area contributed by atoms with Crippen LogP contribution in [-0.2, 0) is 22.6 Å². The van der Waals surface area contributed by atoms with Crippen LogP contribution in [0.25, 0.3) is 0 Å². The van der Waals surface area contributed by atoms with Gasteiger partial charge in [0.2, 0.25) is 21.5 Å². The van der Waals surface area contributed by atoms with E-state index in [4.69, 9.17) is 14.2 Å². The molecule has 4 rings (SSSR count). The van der Waals surface area contributed by atoms with E-state index in [9.17, 15) is 12.8 Å². The minimum atomic E-state index is -3.59. The van der Waals surface area contributed by atoms with Crippen LogP contribution in [0.5, 0.6) is 17.2 Å². The molecule has 0 atom stereocenters. The average molecular weight is 529 g/mol. The molecule has 2 aromatic heterocycles. The van der Waals surface area contributed by atoms with Gasteiger partial charge in [-0.15, -0.1) is 0 Å². The average Bonchev–Trinajstić information content (AvgIpc) is 3.33. The monoisotopic (exact) mass is 528 g/mol. The highest BCUT2D eigenvalue weighted by Crippen LogP contribution is 2.40. The first-order valence-corrected chi connectivity index (χ1v) is 12.5. The molecule has 0 fully saturated rings. The molecule has 13 heteroatoms. The third kappa shape index (κ3) is 5.89. The van der Waals surface area contributed by atoms with Crippen molar-refractivity contribution in [2.24, 2.45) is 7.05 Å². The zero-order valence-electron chi connectivity index (χ0n) is 20.5. The first-order chi connectivity index (χ1) is 17.7. The summed E-state index contributed by atoms with van der Waals surface area (Å²) < 4.78 is 57.1. The minimum absolute atomic E-state index is 0.00684. The number of sulfone groups is 1. The Balaban J connectivity index is 1.50. The summed E-state index contributed by atoms with van der Waals surface area (Å²) in [6.07, 6.45) is 3.91. The van der Waals surface area contributed by atoms with Gasteiger partial charge in [-0.25, -0.2) is 22.8 Å². The second kappa shape index (κ2) is 10.7.